The molecule has 0 unspecified atom stereocenters. The topological polar surface area (TPSA) is 82.3 Å². The van der Waals surface area contributed by atoms with Gasteiger partial charge < -0.3 is 15.2 Å². The van der Waals surface area contributed by atoms with Gasteiger partial charge in [0.05, 0.1) is 11.4 Å². The van der Waals surface area contributed by atoms with Gasteiger partial charge in [-0.25, -0.2) is 8.78 Å². The first-order valence-corrected chi connectivity index (χ1v) is 7.87. The first-order chi connectivity index (χ1) is 11.8. The third-order valence-corrected chi connectivity index (χ3v) is 4.43. The van der Waals surface area contributed by atoms with Crippen LogP contribution in [0.1, 0.15) is 31.4 Å². The summed E-state index contributed by atoms with van der Waals surface area (Å²) < 4.78 is 27.1. The summed E-state index contributed by atoms with van der Waals surface area (Å²) >= 11 is 0. The Morgan fingerprint density at radius 3 is 2.44 bits per heavy atom. The number of rotatable bonds is 3. The number of nitrogens with zero attached hydrogens (tertiary/aromatic N) is 1. The summed E-state index contributed by atoms with van der Waals surface area (Å²) in [4.78, 5) is 39.7. The molecule has 8 heteroatoms. The number of halogens is 2. The van der Waals surface area contributed by atoms with Gasteiger partial charge in [-0.3, -0.25) is 14.4 Å². The second kappa shape index (κ2) is 6.27. The van der Waals surface area contributed by atoms with Gasteiger partial charge in [0.1, 0.15) is 0 Å². The lowest BCUT2D eigenvalue weighted by Crippen LogP contribution is -2.43. The maximum Gasteiger partial charge on any atom is 0.312 e. The number of H-pyrrole nitrogens is 1. The molecule has 3 rings (SSSR count). The van der Waals surface area contributed by atoms with Crippen molar-refractivity contribution in [1.29, 1.82) is 0 Å². The molecular formula is C17H17F2N3O3. The molecule has 1 atom stereocenters. The molecular weight excluding hydrogens is 332 g/mol. The normalized spacial score (nSPS) is 15.0. The zero-order valence-corrected chi connectivity index (χ0v) is 13.7. The van der Waals surface area contributed by atoms with E-state index in [2.05, 4.69) is 10.3 Å². The van der Waals surface area contributed by atoms with E-state index in [1.54, 1.807) is 6.92 Å². The Morgan fingerprint density at radius 2 is 1.84 bits per heavy atom. The summed E-state index contributed by atoms with van der Waals surface area (Å²) in [6.45, 7) is 1.64. The Bertz CT molecular complexity index is 921. The maximum atomic E-state index is 13.6. The van der Waals surface area contributed by atoms with Crippen molar-refractivity contribution in [3.8, 4) is 0 Å². The molecule has 0 spiro atoms. The molecule has 132 valence electrons. The standard InChI is InChI=1S/C17H17F2N3O3/c1-8(22(2)17(25)16(24)21-9-3-4-9)12-7-20-15(23)11-6-14(19)13(18)5-10(11)12/h5-9H,3-4H2,1-2H3,(H,20,23)(H,21,24)/t8-/m1/s1. The Balaban J connectivity index is 1.96. The number of likely N-dealkylation sites (N-methyl/N-ethyl adjacent to an activating group) is 1. The molecule has 1 fully saturated rings. The van der Waals surface area contributed by atoms with Crippen LogP contribution in [0, 0.1) is 11.6 Å². The molecule has 1 aromatic carbocycles. The highest BCUT2D eigenvalue weighted by Gasteiger charge is 2.30. The smallest absolute Gasteiger partial charge is 0.312 e. The lowest BCUT2D eigenvalue weighted by atomic mass is 10.0. The number of nitrogens with one attached hydrogen (secondary N) is 2. The monoisotopic (exact) mass is 349 g/mol. The third kappa shape index (κ3) is 3.24. The van der Waals surface area contributed by atoms with E-state index in [0.717, 1.165) is 25.0 Å². The van der Waals surface area contributed by atoms with Crippen molar-refractivity contribution in [3.63, 3.8) is 0 Å². The van der Waals surface area contributed by atoms with Crippen LogP contribution in [-0.2, 0) is 9.59 Å². The summed E-state index contributed by atoms with van der Waals surface area (Å²) in [7, 11) is 1.44. The van der Waals surface area contributed by atoms with Crippen LogP contribution >= 0.6 is 0 Å². The molecule has 2 aromatic rings. The number of benzene rings is 1. The maximum absolute atomic E-state index is 13.6. The van der Waals surface area contributed by atoms with Crippen LogP contribution < -0.4 is 10.9 Å². The summed E-state index contributed by atoms with van der Waals surface area (Å²) in [5.74, 6) is -3.66. The van der Waals surface area contributed by atoms with E-state index < -0.39 is 35.0 Å². The number of hydrogen-bond acceptors (Lipinski definition) is 3. The minimum atomic E-state index is -1.13. The number of pyridine rings is 1. The molecule has 1 aliphatic carbocycles. The van der Waals surface area contributed by atoms with Crippen molar-refractivity contribution in [2.45, 2.75) is 31.8 Å². The minimum Gasteiger partial charge on any atom is -0.345 e. The van der Waals surface area contributed by atoms with Gasteiger partial charge in [-0.15, -0.1) is 0 Å². The van der Waals surface area contributed by atoms with E-state index in [9.17, 15) is 23.2 Å². The van der Waals surface area contributed by atoms with Gasteiger partial charge in [-0.2, -0.15) is 0 Å². The third-order valence-electron chi connectivity index (χ3n) is 4.43. The van der Waals surface area contributed by atoms with Crippen LogP contribution in [0.15, 0.2) is 23.1 Å². The number of carbonyl (C=O) groups is 2. The first-order valence-electron chi connectivity index (χ1n) is 7.87. The number of aromatic nitrogens is 1. The van der Waals surface area contributed by atoms with Crippen LogP contribution in [0.4, 0.5) is 8.78 Å². The van der Waals surface area contributed by atoms with Crippen molar-refractivity contribution in [2.24, 2.45) is 0 Å². The van der Waals surface area contributed by atoms with Crippen LogP contribution in [0.25, 0.3) is 10.8 Å². The molecule has 0 radical (unpaired) electrons. The minimum absolute atomic E-state index is 0.0217. The van der Waals surface area contributed by atoms with Gasteiger partial charge in [0.2, 0.25) is 0 Å². The Kier molecular flexibility index (Phi) is 4.28. The lowest BCUT2D eigenvalue weighted by Gasteiger charge is -2.25. The van der Waals surface area contributed by atoms with E-state index in [4.69, 9.17) is 0 Å². The zero-order chi connectivity index (χ0) is 18.3. The van der Waals surface area contributed by atoms with Crippen molar-refractivity contribution < 1.29 is 18.4 Å². The van der Waals surface area contributed by atoms with Crippen LogP contribution in [0.2, 0.25) is 0 Å². The van der Waals surface area contributed by atoms with E-state index >= 15 is 0 Å². The molecule has 2 N–H and O–H groups in total. The highest BCUT2D eigenvalue weighted by atomic mass is 19.2. The van der Waals surface area contributed by atoms with Gasteiger partial charge >= 0.3 is 11.8 Å². The second-order valence-electron chi connectivity index (χ2n) is 6.22. The molecule has 0 bridgehead atoms. The molecule has 1 aliphatic rings. The molecule has 2 amide bonds. The van der Waals surface area contributed by atoms with Gasteiger partial charge in [-0.05, 0) is 42.8 Å². The predicted octanol–water partition coefficient (Wildman–Crippen LogP) is 1.60. The summed E-state index contributed by atoms with van der Waals surface area (Å²) in [6.07, 6.45) is 3.05. The largest absolute Gasteiger partial charge is 0.345 e. The number of fused-ring (bicyclic) bond motifs is 1. The number of carbonyl (C=O) groups excluding carboxylic acids is 2. The summed E-state index contributed by atoms with van der Waals surface area (Å²) in [5.41, 5.74) is -0.158. The Morgan fingerprint density at radius 1 is 1.24 bits per heavy atom. The van der Waals surface area contributed by atoms with Gasteiger partial charge in [0.15, 0.2) is 11.6 Å². The van der Waals surface area contributed by atoms with E-state index in [-0.39, 0.29) is 16.8 Å². The first kappa shape index (κ1) is 17.1. The van der Waals surface area contributed by atoms with Crippen molar-refractivity contribution in [3.05, 3.63) is 45.9 Å². The molecule has 1 aromatic heterocycles. The Hall–Kier alpha value is -2.77. The van der Waals surface area contributed by atoms with E-state index in [1.807, 2.05) is 0 Å². The molecule has 1 heterocycles. The Labute approximate surface area is 141 Å². The molecule has 25 heavy (non-hydrogen) atoms. The van der Waals surface area contributed by atoms with Crippen LogP contribution in [-0.4, -0.2) is 34.8 Å². The van der Waals surface area contributed by atoms with E-state index in [1.165, 1.54) is 18.1 Å². The van der Waals surface area contributed by atoms with Crippen LogP contribution in [0.3, 0.4) is 0 Å². The fourth-order valence-electron chi connectivity index (χ4n) is 2.64. The highest BCUT2D eigenvalue weighted by molar-refractivity contribution is 6.35. The fraction of sp³-hybridized carbons (Fsp3) is 0.353. The zero-order valence-electron chi connectivity index (χ0n) is 13.7. The van der Waals surface area contributed by atoms with Crippen LogP contribution in [0.5, 0.6) is 0 Å². The fourth-order valence-corrected chi connectivity index (χ4v) is 2.64. The molecule has 1 saturated carbocycles. The highest BCUT2D eigenvalue weighted by Crippen LogP contribution is 2.27. The quantitative estimate of drug-likeness (QED) is 0.826. The molecule has 0 saturated heterocycles. The predicted molar refractivity (Wildman–Crippen MR) is 86.8 cm³/mol. The number of aromatic amines is 1. The number of amides is 2. The second-order valence-corrected chi connectivity index (χ2v) is 6.22. The summed E-state index contributed by atoms with van der Waals surface area (Å²) in [6, 6.07) is 1.16. The van der Waals surface area contributed by atoms with Crippen molar-refractivity contribution in [2.75, 3.05) is 7.05 Å². The molecule has 0 aliphatic heterocycles. The van der Waals surface area contributed by atoms with Gasteiger partial charge in [-0.1, -0.05) is 0 Å². The summed E-state index contributed by atoms with van der Waals surface area (Å²) in [5, 5.41) is 2.78. The SMILES string of the molecule is C[C@H](c1c[nH]c(=O)c2cc(F)c(F)cc12)N(C)C(=O)C(=O)NC1CC1. The van der Waals surface area contributed by atoms with Gasteiger partial charge in [0, 0.05) is 19.3 Å². The van der Waals surface area contributed by atoms with Gasteiger partial charge in [0.25, 0.3) is 5.56 Å². The van der Waals surface area contributed by atoms with Crippen molar-refractivity contribution in [1.82, 2.24) is 15.2 Å². The molecule has 6 nitrogen and oxygen atoms in total. The average molecular weight is 349 g/mol. The van der Waals surface area contributed by atoms with Crippen molar-refractivity contribution >= 4 is 22.6 Å². The number of hydrogen-bond donors (Lipinski definition) is 2. The lowest BCUT2D eigenvalue weighted by molar-refractivity contribution is -0.146. The van der Waals surface area contributed by atoms with E-state index in [0.29, 0.717) is 5.56 Å². The average Bonchev–Trinajstić information content (AvgIpc) is 3.39.